The second-order valence-electron chi connectivity index (χ2n) is 2.63. The molecule has 0 fully saturated rings. The summed E-state index contributed by atoms with van der Waals surface area (Å²) in [6, 6.07) is 4.17. The summed E-state index contributed by atoms with van der Waals surface area (Å²) in [6.07, 6.45) is 0.251. The number of nitro groups is 1. The SMILES string of the molecule is O=[N+]([O-])CCc1ccc(O)c(O)c1. The number of phenolic OH excluding ortho intramolecular Hbond substituents is 2. The van der Waals surface area contributed by atoms with E-state index in [4.69, 9.17) is 10.2 Å². The fourth-order valence-electron chi connectivity index (χ4n) is 0.945. The molecule has 1 rings (SSSR count). The van der Waals surface area contributed by atoms with Crippen molar-refractivity contribution in [1.29, 1.82) is 0 Å². The predicted octanol–water partition coefficient (Wildman–Crippen LogP) is 0.917. The van der Waals surface area contributed by atoms with Crippen molar-refractivity contribution >= 4 is 0 Å². The summed E-state index contributed by atoms with van der Waals surface area (Å²) in [5, 5.41) is 28.0. The summed E-state index contributed by atoms with van der Waals surface area (Å²) in [5.74, 6) is -0.467. The molecular weight excluding hydrogens is 174 g/mol. The quantitative estimate of drug-likeness (QED) is 0.414. The van der Waals surface area contributed by atoms with E-state index in [1.54, 1.807) is 6.07 Å². The zero-order chi connectivity index (χ0) is 9.84. The van der Waals surface area contributed by atoms with Crippen molar-refractivity contribution in [1.82, 2.24) is 0 Å². The van der Waals surface area contributed by atoms with Gasteiger partial charge in [0.2, 0.25) is 6.54 Å². The van der Waals surface area contributed by atoms with Gasteiger partial charge in [0.25, 0.3) is 0 Å². The first-order chi connectivity index (χ1) is 6.09. The van der Waals surface area contributed by atoms with E-state index in [-0.39, 0.29) is 24.5 Å². The zero-order valence-corrected chi connectivity index (χ0v) is 6.80. The van der Waals surface area contributed by atoms with Crippen LogP contribution < -0.4 is 0 Å². The highest BCUT2D eigenvalue weighted by Crippen LogP contribution is 2.24. The molecule has 0 atom stereocenters. The second kappa shape index (κ2) is 3.75. The molecule has 1 aromatic rings. The standard InChI is InChI=1S/C8H9NO4/c10-7-2-1-6(5-8(7)11)3-4-9(12)13/h1-2,5,10-11H,3-4H2. The molecule has 0 unspecified atom stereocenters. The summed E-state index contributed by atoms with van der Waals surface area (Å²) in [7, 11) is 0. The van der Waals surface area contributed by atoms with Crippen LogP contribution in [0.4, 0.5) is 0 Å². The first-order valence-electron chi connectivity index (χ1n) is 3.72. The summed E-state index contributed by atoms with van der Waals surface area (Å²) >= 11 is 0. The maximum Gasteiger partial charge on any atom is 0.207 e. The number of rotatable bonds is 3. The van der Waals surface area contributed by atoms with Crippen molar-refractivity contribution < 1.29 is 15.1 Å². The van der Waals surface area contributed by atoms with Crippen molar-refractivity contribution in [2.45, 2.75) is 6.42 Å². The van der Waals surface area contributed by atoms with Crippen molar-refractivity contribution in [3.8, 4) is 11.5 Å². The number of phenols is 2. The Balaban J connectivity index is 2.68. The largest absolute Gasteiger partial charge is 0.504 e. The van der Waals surface area contributed by atoms with Crippen LogP contribution in [-0.2, 0) is 6.42 Å². The molecule has 5 heteroatoms. The van der Waals surface area contributed by atoms with Gasteiger partial charge in [-0.1, -0.05) is 6.07 Å². The Hall–Kier alpha value is -1.78. The third-order valence-electron chi connectivity index (χ3n) is 1.62. The lowest BCUT2D eigenvalue weighted by Crippen LogP contribution is -2.03. The highest BCUT2D eigenvalue weighted by atomic mass is 16.6. The third kappa shape index (κ3) is 2.62. The summed E-state index contributed by atoms with van der Waals surface area (Å²) in [6.45, 7) is -0.176. The van der Waals surface area contributed by atoms with Crippen molar-refractivity contribution in [3.05, 3.63) is 33.9 Å². The minimum absolute atomic E-state index is 0.176. The highest BCUT2D eigenvalue weighted by molar-refractivity contribution is 5.40. The molecule has 70 valence electrons. The molecule has 0 aliphatic heterocycles. The van der Waals surface area contributed by atoms with E-state index in [0.29, 0.717) is 5.56 Å². The number of benzene rings is 1. The van der Waals surface area contributed by atoms with Gasteiger partial charge in [0.15, 0.2) is 11.5 Å². The Morgan fingerprint density at radius 2 is 2.00 bits per heavy atom. The molecule has 0 aliphatic carbocycles. The number of hydrogen-bond donors (Lipinski definition) is 2. The molecule has 0 saturated heterocycles. The van der Waals surface area contributed by atoms with Gasteiger partial charge in [-0.3, -0.25) is 10.1 Å². The average molecular weight is 183 g/mol. The van der Waals surface area contributed by atoms with Crippen LogP contribution in [0.15, 0.2) is 18.2 Å². The zero-order valence-electron chi connectivity index (χ0n) is 6.80. The van der Waals surface area contributed by atoms with E-state index in [1.165, 1.54) is 12.1 Å². The van der Waals surface area contributed by atoms with Crippen LogP contribution >= 0.6 is 0 Å². The third-order valence-corrected chi connectivity index (χ3v) is 1.62. The van der Waals surface area contributed by atoms with Crippen LogP contribution in [0.5, 0.6) is 11.5 Å². The van der Waals surface area contributed by atoms with Gasteiger partial charge in [-0.2, -0.15) is 0 Å². The molecule has 0 radical (unpaired) electrons. The minimum Gasteiger partial charge on any atom is -0.504 e. The number of aromatic hydroxyl groups is 2. The average Bonchev–Trinajstić information content (AvgIpc) is 2.07. The van der Waals surface area contributed by atoms with Gasteiger partial charge in [-0.25, -0.2) is 0 Å². The van der Waals surface area contributed by atoms with E-state index in [9.17, 15) is 10.1 Å². The predicted molar refractivity (Wildman–Crippen MR) is 45.3 cm³/mol. The van der Waals surface area contributed by atoms with Crippen LogP contribution in [-0.4, -0.2) is 21.7 Å². The molecule has 0 bridgehead atoms. The molecule has 0 aliphatic rings. The summed E-state index contributed by atoms with van der Waals surface area (Å²) in [4.78, 5) is 9.59. The van der Waals surface area contributed by atoms with Gasteiger partial charge in [0.1, 0.15) is 0 Å². The first kappa shape index (κ1) is 9.31. The first-order valence-corrected chi connectivity index (χ1v) is 3.72. The Labute approximate surface area is 74.4 Å². The van der Waals surface area contributed by atoms with Gasteiger partial charge in [0.05, 0.1) is 0 Å². The van der Waals surface area contributed by atoms with Gasteiger partial charge in [-0.05, 0) is 17.7 Å². The normalized spacial score (nSPS) is 9.85. The highest BCUT2D eigenvalue weighted by Gasteiger charge is 2.03. The van der Waals surface area contributed by atoms with E-state index >= 15 is 0 Å². The molecule has 1 aromatic carbocycles. The molecule has 13 heavy (non-hydrogen) atoms. The summed E-state index contributed by atoms with van der Waals surface area (Å²) in [5.41, 5.74) is 0.631. The summed E-state index contributed by atoms with van der Waals surface area (Å²) < 4.78 is 0. The monoisotopic (exact) mass is 183 g/mol. The van der Waals surface area contributed by atoms with Crippen LogP contribution in [0.25, 0.3) is 0 Å². The molecule has 5 nitrogen and oxygen atoms in total. The lowest BCUT2D eigenvalue weighted by molar-refractivity contribution is -0.479. The van der Waals surface area contributed by atoms with Gasteiger partial charge < -0.3 is 10.2 Å². The molecule has 2 N–H and O–H groups in total. The van der Waals surface area contributed by atoms with Crippen LogP contribution in [0.1, 0.15) is 5.56 Å². The molecule has 0 aromatic heterocycles. The molecule has 0 saturated carbocycles. The Bertz CT molecular complexity index is 324. The topological polar surface area (TPSA) is 83.6 Å². The molecular formula is C8H9NO4. The second-order valence-corrected chi connectivity index (χ2v) is 2.63. The molecule has 0 amide bonds. The fraction of sp³-hybridized carbons (Fsp3) is 0.250. The fourth-order valence-corrected chi connectivity index (χ4v) is 0.945. The Kier molecular flexibility index (Phi) is 2.69. The van der Waals surface area contributed by atoms with Crippen molar-refractivity contribution in [3.63, 3.8) is 0 Å². The Morgan fingerprint density at radius 1 is 1.31 bits per heavy atom. The number of hydrogen-bond acceptors (Lipinski definition) is 4. The Morgan fingerprint density at radius 3 is 2.54 bits per heavy atom. The van der Waals surface area contributed by atoms with E-state index in [0.717, 1.165) is 0 Å². The maximum absolute atomic E-state index is 10.0. The van der Waals surface area contributed by atoms with Crippen molar-refractivity contribution in [2.75, 3.05) is 6.54 Å². The minimum atomic E-state index is -0.427. The van der Waals surface area contributed by atoms with E-state index in [1.807, 2.05) is 0 Å². The van der Waals surface area contributed by atoms with E-state index in [2.05, 4.69) is 0 Å². The lowest BCUT2D eigenvalue weighted by Gasteiger charge is -2.00. The molecule has 0 spiro atoms. The van der Waals surface area contributed by atoms with Gasteiger partial charge in [0, 0.05) is 11.3 Å². The molecule has 0 heterocycles. The lowest BCUT2D eigenvalue weighted by atomic mass is 10.1. The van der Waals surface area contributed by atoms with Gasteiger partial charge in [-0.15, -0.1) is 0 Å². The van der Waals surface area contributed by atoms with Crippen LogP contribution in [0.2, 0.25) is 0 Å². The smallest absolute Gasteiger partial charge is 0.207 e. The van der Waals surface area contributed by atoms with Crippen LogP contribution in [0.3, 0.4) is 0 Å². The van der Waals surface area contributed by atoms with Crippen LogP contribution in [0, 0.1) is 10.1 Å². The van der Waals surface area contributed by atoms with Crippen molar-refractivity contribution in [2.24, 2.45) is 0 Å². The maximum atomic E-state index is 10.0. The van der Waals surface area contributed by atoms with E-state index < -0.39 is 4.92 Å². The van der Waals surface area contributed by atoms with Gasteiger partial charge >= 0.3 is 0 Å². The number of nitrogens with zero attached hydrogens (tertiary/aromatic N) is 1.